The van der Waals surface area contributed by atoms with E-state index in [1.54, 1.807) is 4.68 Å². The maximum absolute atomic E-state index is 5.24. The van der Waals surface area contributed by atoms with E-state index in [0.29, 0.717) is 10.7 Å². The summed E-state index contributed by atoms with van der Waals surface area (Å²) in [6, 6.07) is 0. The summed E-state index contributed by atoms with van der Waals surface area (Å²) in [5, 5.41) is 10.0. The van der Waals surface area contributed by atoms with Gasteiger partial charge in [-0.1, -0.05) is 10.3 Å². The van der Waals surface area contributed by atoms with E-state index in [4.69, 9.17) is 17.0 Å². The first-order valence-electron chi connectivity index (χ1n) is 3.92. The van der Waals surface area contributed by atoms with Crippen LogP contribution in [0.25, 0.3) is 0 Å². The van der Waals surface area contributed by atoms with E-state index >= 15 is 0 Å². The number of nitrogens with one attached hydrogen (secondary N) is 1. The average Bonchev–Trinajstić information content (AvgIpc) is 2.65. The fourth-order valence-corrected chi connectivity index (χ4v) is 1.48. The molecule has 66 valence electrons. The molecule has 0 spiro atoms. The minimum absolute atomic E-state index is 0.516. The number of ether oxygens (including phenoxy) is 1. The molecule has 1 atom stereocenters. The molecule has 1 unspecified atom stereocenters. The minimum Gasteiger partial charge on any atom is -0.381 e. The molecule has 1 aromatic heterocycles. The first-order chi connectivity index (χ1) is 5.86. The molecule has 5 nitrogen and oxygen atoms in total. The third-order valence-electron chi connectivity index (χ3n) is 2.00. The molecule has 1 aromatic rings. The van der Waals surface area contributed by atoms with Gasteiger partial charge in [-0.2, -0.15) is 5.21 Å². The standard InChI is InChI=1S/C6H10N4OS/c12-6-7-8-9-10(6)3-5-1-2-11-4-5/h5H,1-4H2,(H,7,9,12). The highest BCUT2D eigenvalue weighted by molar-refractivity contribution is 7.71. The molecule has 0 aromatic carbocycles. The number of nitrogens with zero attached hydrogens (tertiary/aromatic N) is 3. The van der Waals surface area contributed by atoms with Gasteiger partial charge in [-0.15, -0.1) is 0 Å². The molecule has 6 heteroatoms. The molecular weight excluding hydrogens is 176 g/mol. The van der Waals surface area contributed by atoms with Gasteiger partial charge in [0.05, 0.1) is 6.61 Å². The molecule has 2 rings (SSSR count). The molecule has 1 saturated heterocycles. The predicted molar refractivity (Wildman–Crippen MR) is 44.1 cm³/mol. The van der Waals surface area contributed by atoms with E-state index < -0.39 is 0 Å². The van der Waals surface area contributed by atoms with Crippen molar-refractivity contribution in [3.8, 4) is 0 Å². The van der Waals surface area contributed by atoms with E-state index in [1.807, 2.05) is 0 Å². The highest BCUT2D eigenvalue weighted by Gasteiger charge is 2.16. The largest absolute Gasteiger partial charge is 0.381 e. The van der Waals surface area contributed by atoms with Crippen molar-refractivity contribution >= 4 is 12.2 Å². The van der Waals surface area contributed by atoms with Crippen LogP contribution in [0.1, 0.15) is 6.42 Å². The summed E-state index contributed by atoms with van der Waals surface area (Å²) >= 11 is 4.94. The van der Waals surface area contributed by atoms with Crippen LogP contribution in [0.15, 0.2) is 0 Å². The number of rotatable bonds is 2. The second-order valence-corrected chi connectivity index (χ2v) is 3.29. The van der Waals surface area contributed by atoms with E-state index in [1.165, 1.54) is 0 Å². The van der Waals surface area contributed by atoms with Crippen molar-refractivity contribution in [2.75, 3.05) is 13.2 Å². The Bertz CT molecular complexity index is 300. The molecule has 0 bridgehead atoms. The quantitative estimate of drug-likeness (QED) is 0.678. The monoisotopic (exact) mass is 186 g/mol. The maximum atomic E-state index is 5.24. The van der Waals surface area contributed by atoms with Crippen molar-refractivity contribution in [2.45, 2.75) is 13.0 Å². The number of hydrogen-bond acceptors (Lipinski definition) is 4. The van der Waals surface area contributed by atoms with Gasteiger partial charge in [-0.3, -0.25) is 0 Å². The normalized spacial score (nSPS) is 23.2. The molecule has 1 aliphatic heterocycles. The fraction of sp³-hybridized carbons (Fsp3) is 0.833. The first kappa shape index (κ1) is 7.88. The zero-order valence-corrected chi connectivity index (χ0v) is 7.38. The second kappa shape index (κ2) is 3.32. The van der Waals surface area contributed by atoms with Gasteiger partial charge < -0.3 is 4.74 Å². The van der Waals surface area contributed by atoms with Crippen molar-refractivity contribution in [3.63, 3.8) is 0 Å². The molecule has 0 aliphatic carbocycles. The molecule has 2 heterocycles. The summed E-state index contributed by atoms with van der Waals surface area (Å²) in [4.78, 5) is 0. The van der Waals surface area contributed by atoms with Gasteiger partial charge in [0, 0.05) is 19.1 Å². The van der Waals surface area contributed by atoms with E-state index in [2.05, 4.69) is 15.5 Å². The second-order valence-electron chi connectivity index (χ2n) is 2.92. The lowest BCUT2D eigenvalue weighted by molar-refractivity contribution is 0.181. The highest BCUT2D eigenvalue weighted by Crippen LogP contribution is 2.13. The Morgan fingerprint density at radius 3 is 3.25 bits per heavy atom. The van der Waals surface area contributed by atoms with Gasteiger partial charge >= 0.3 is 0 Å². The third-order valence-corrected chi connectivity index (χ3v) is 2.30. The van der Waals surface area contributed by atoms with Gasteiger partial charge in [-0.05, 0) is 18.6 Å². The van der Waals surface area contributed by atoms with Crippen LogP contribution in [0, 0.1) is 10.7 Å². The van der Waals surface area contributed by atoms with Gasteiger partial charge in [0.15, 0.2) is 0 Å². The molecule has 0 radical (unpaired) electrons. The van der Waals surface area contributed by atoms with Crippen molar-refractivity contribution in [3.05, 3.63) is 4.77 Å². The smallest absolute Gasteiger partial charge is 0.238 e. The minimum atomic E-state index is 0.516. The Balaban J connectivity index is 2.03. The van der Waals surface area contributed by atoms with Gasteiger partial charge in [0.2, 0.25) is 4.77 Å². The highest BCUT2D eigenvalue weighted by atomic mass is 32.1. The number of hydrogen-bond donors (Lipinski definition) is 1. The Hall–Kier alpha value is -0.750. The van der Waals surface area contributed by atoms with Crippen molar-refractivity contribution in [2.24, 2.45) is 5.92 Å². The molecule has 1 N–H and O–H groups in total. The number of H-pyrrole nitrogens is 1. The predicted octanol–water partition coefficient (Wildman–Crippen LogP) is 0.372. The van der Waals surface area contributed by atoms with E-state index in [-0.39, 0.29) is 0 Å². The first-order valence-corrected chi connectivity index (χ1v) is 4.33. The Labute approximate surface area is 74.7 Å². The van der Waals surface area contributed by atoms with Crippen LogP contribution in [0.2, 0.25) is 0 Å². The Morgan fingerprint density at radius 2 is 2.67 bits per heavy atom. The topological polar surface area (TPSA) is 55.7 Å². The van der Waals surface area contributed by atoms with Crippen LogP contribution < -0.4 is 0 Å². The molecule has 0 amide bonds. The Kier molecular flexibility index (Phi) is 2.18. The number of aromatic amines is 1. The Morgan fingerprint density at radius 1 is 1.75 bits per heavy atom. The molecule has 12 heavy (non-hydrogen) atoms. The summed E-state index contributed by atoms with van der Waals surface area (Å²) < 4.78 is 7.53. The van der Waals surface area contributed by atoms with Crippen LogP contribution in [0.3, 0.4) is 0 Å². The number of aromatic nitrogens is 4. The number of tetrazole rings is 1. The van der Waals surface area contributed by atoms with Gasteiger partial charge in [0.25, 0.3) is 0 Å². The molecule has 1 fully saturated rings. The molecule has 1 aliphatic rings. The zero-order chi connectivity index (χ0) is 8.39. The van der Waals surface area contributed by atoms with Crippen molar-refractivity contribution < 1.29 is 4.74 Å². The van der Waals surface area contributed by atoms with Crippen LogP contribution >= 0.6 is 12.2 Å². The lowest BCUT2D eigenvalue weighted by atomic mass is 10.1. The fourth-order valence-electron chi connectivity index (χ4n) is 1.32. The lowest BCUT2D eigenvalue weighted by Gasteiger charge is -2.05. The summed E-state index contributed by atoms with van der Waals surface area (Å²) in [7, 11) is 0. The SMILES string of the molecule is S=c1nn[nH]n1CC1CCOC1. The zero-order valence-electron chi connectivity index (χ0n) is 6.56. The maximum Gasteiger partial charge on any atom is 0.238 e. The van der Waals surface area contributed by atoms with Crippen LogP contribution in [0.4, 0.5) is 0 Å². The van der Waals surface area contributed by atoms with Crippen LogP contribution in [-0.4, -0.2) is 33.4 Å². The molecular formula is C6H10N4OS. The summed E-state index contributed by atoms with van der Waals surface area (Å²) in [5.41, 5.74) is 0. The summed E-state index contributed by atoms with van der Waals surface area (Å²) in [6.45, 7) is 2.52. The van der Waals surface area contributed by atoms with Gasteiger partial charge in [0.1, 0.15) is 0 Å². The lowest BCUT2D eigenvalue weighted by Crippen LogP contribution is -2.11. The van der Waals surface area contributed by atoms with Crippen LogP contribution in [0.5, 0.6) is 0 Å². The van der Waals surface area contributed by atoms with E-state index in [0.717, 1.165) is 26.2 Å². The average molecular weight is 186 g/mol. The van der Waals surface area contributed by atoms with Crippen molar-refractivity contribution in [1.82, 2.24) is 20.2 Å². The van der Waals surface area contributed by atoms with Gasteiger partial charge in [-0.25, -0.2) is 4.68 Å². The van der Waals surface area contributed by atoms with Crippen molar-refractivity contribution in [1.29, 1.82) is 0 Å². The summed E-state index contributed by atoms with van der Waals surface area (Å²) in [5.74, 6) is 0.555. The van der Waals surface area contributed by atoms with Crippen LogP contribution in [-0.2, 0) is 11.3 Å². The van der Waals surface area contributed by atoms with E-state index in [9.17, 15) is 0 Å². The third kappa shape index (κ3) is 1.54. The summed E-state index contributed by atoms with van der Waals surface area (Å²) in [6.07, 6.45) is 1.10. The molecule has 0 saturated carbocycles.